The van der Waals surface area contributed by atoms with E-state index in [-0.39, 0.29) is 17.6 Å². The molecular weight excluding hydrogens is 216 g/mol. The SMILES string of the molecule is CC(C)C(N)C(=O)N(C)Cc1ccccc1O. The summed E-state index contributed by atoms with van der Waals surface area (Å²) in [6.07, 6.45) is 0. The lowest BCUT2D eigenvalue weighted by Crippen LogP contribution is -2.44. The Morgan fingerprint density at radius 1 is 1.41 bits per heavy atom. The minimum Gasteiger partial charge on any atom is -0.508 e. The Hall–Kier alpha value is -1.55. The van der Waals surface area contributed by atoms with Crippen LogP contribution >= 0.6 is 0 Å². The van der Waals surface area contributed by atoms with Crippen molar-refractivity contribution >= 4 is 5.91 Å². The summed E-state index contributed by atoms with van der Waals surface area (Å²) in [5, 5.41) is 9.62. The van der Waals surface area contributed by atoms with E-state index in [2.05, 4.69) is 0 Å². The van der Waals surface area contributed by atoms with Gasteiger partial charge in [-0.15, -0.1) is 0 Å². The largest absolute Gasteiger partial charge is 0.508 e. The zero-order valence-corrected chi connectivity index (χ0v) is 10.6. The molecule has 4 nitrogen and oxygen atoms in total. The van der Waals surface area contributed by atoms with Gasteiger partial charge >= 0.3 is 0 Å². The molecule has 1 aromatic carbocycles. The fourth-order valence-corrected chi connectivity index (χ4v) is 1.52. The van der Waals surface area contributed by atoms with Crippen LogP contribution in [0.4, 0.5) is 0 Å². The Labute approximate surface area is 102 Å². The first kappa shape index (κ1) is 13.5. The highest BCUT2D eigenvalue weighted by Crippen LogP contribution is 2.17. The maximum Gasteiger partial charge on any atom is 0.239 e. The van der Waals surface area contributed by atoms with E-state index >= 15 is 0 Å². The average Bonchev–Trinajstić information content (AvgIpc) is 2.30. The van der Waals surface area contributed by atoms with Crippen molar-refractivity contribution in [2.75, 3.05) is 7.05 Å². The van der Waals surface area contributed by atoms with E-state index in [1.54, 1.807) is 30.1 Å². The van der Waals surface area contributed by atoms with Crippen molar-refractivity contribution in [2.45, 2.75) is 26.4 Å². The lowest BCUT2D eigenvalue weighted by molar-refractivity contribution is -0.132. The quantitative estimate of drug-likeness (QED) is 0.829. The second kappa shape index (κ2) is 5.68. The Morgan fingerprint density at radius 3 is 2.53 bits per heavy atom. The van der Waals surface area contributed by atoms with Gasteiger partial charge in [0.15, 0.2) is 0 Å². The van der Waals surface area contributed by atoms with Gasteiger partial charge in [0.1, 0.15) is 5.75 Å². The highest BCUT2D eigenvalue weighted by atomic mass is 16.3. The molecule has 3 N–H and O–H groups in total. The molecule has 0 bridgehead atoms. The van der Waals surface area contributed by atoms with E-state index in [9.17, 15) is 9.90 Å². The Kier molecular flexibility index (Phi) is 4.52. The first-order valence-corrected chi connectivity index (χ1v) is 5.71. The molecular formula is C13H20N2O2. The van der Waals surface area contributed by atoms with Crippen molar-refractivity contribution in [2.24, 2.45) is 11.7 Å². The highest BCUT2D eigenvalue weighted by molar-refractivity contribution is 5.81. The van der Waals surface area contributed by atoms with E-state index in [4.69, 9.17) is 5.73 Å². The molecule has 0 aromatic heterocycles. The van der Waals surface area contributed by atoms with Gasteiger partial charge in [-0.2, -0.15) is 0 Å². The number of nitrogens with two attached hydrogens (primary N) is 1. The van der Waals surface area contributed by atoms with Crippen molar-refractivity contribution in [3.63, 3.8) is 0 Å². The smallest absolute Gasteiger partial charge is 0.239 e. The summed E-state index contributed by atoms with van der Waals surface area (Å²) in [6, 6.07) is 6.48. The maximum atomic E-state index is 11.9. The second-order valence-corrected chi connectivity index (χ2v) is 4.59. The zero-order chi connectivity index (χ0) is 13.0. The number of aromatic hydroxyl groups is 1. The van der Waals surface area contributed by atoms with Crippen LogP contribution < -0.4 is 5.73 Å². The molecule has 0 fully saturated rings. The van der Waals surface area contributed by atoms with E-state index in [1.807, 2.05) is 19.9 Å². The topological polar surface area (TPSA) is 66.6 Å². The normalized spacial score (nSPS) is 12.5. The number of amides is 1. The minimum absolute atomic E-state index is 0.106. The number of rotatable bonds is 4. The van der Waals surface area contributed by atoms with Crippen LogP contribution in [0.5, 0.6) is 5.75 Å². The summed E-state index contributed by atoms with van der Waals surface area (Å²) >= 11 is 0. The van der Waals surface area contributed by atoms with Crippen LogP contribution in [0.1, 0.15) is 19.4 Å². The van der Waals surface area contributed by atoms with E-state index < -0.39 is 6.04 Å². The number of phenols is 1. The summed E-state index contributed by atoms with van der Waals surface area (Å²) < 4.78 is 0. The maximum absolute atomic E-state index is 11.9. The molecule has 1 atom stereocenters. The van der Waals surface area contributed by atoms with Crippen LogP contribution in [-0.2, 0) is 11.3 Å². The predicted octanol–water partition coefficient (Wildman–Crippen LogP) is 1.33. The molecule has 1 aromatic rings. The van der Waals surface area contributed by atoms with Gasteiger partial charge in [0.25, 0.3) is 0 Å². The van der Waals surface area contributed by atoms with Gasteiger partial charge in [-0.05, 0) is 12.0 Å². The van der Waals surface area contributed by atoms with Gasteiger partial charge in [0.05, 0.1) is 6.04 Å². The number of likely N-dealkylation sites (N-methyl/N-ethyl adjacent to an activating group) is 1. The Balaban J connectivity index is 2.70. The monoisotopic (exact) mass is 236 g/mol. The number of phenolic OH excluding ortho intramolecular Hbond substituents is 1. The van der Waals surface area contributed by atoms with Crippen molar-refractivity contribution in [3.8, 4) is 5.75 Å². The molecule has 0 aliphatic carbocycles. The molecule has 0 saturated carbocycles. The van der Waals surface area contributed by atoms with Crippen molar-refractivity contribution in [3.05, 3.63) is 29.8 Å². The number of hydrogen-bond donors (Lipinski definition) is 2. The molecule has 0 spiro atoms. The average molecular weight is 236 g/mol. The standard InChI is InChI=1S/C13H20N2O2/c1-9(2)12(14)13(17)15(3)8-10-6-4-5-7-11(10)16/h4-7,9,12,16H,8,14H2,1-3H3. The molecule has 0 aliphatic heterocycles. The molecule has 0 radical (unpaired) electrons. The number of hydrogen-bond acceptors (Lipinski definition) is 3. The number of benzene rings is 1. The second-order valence-electron chi connectivity index (χ2n) is 4.59. The Bertz CT molecular complexity index is 391. The summed E-state index contributed by atoms with van der Waals surface area (Å²) in [6.45, 7) is 4.19. The van der Waals surface area contributed by atoms with Crippen LogP contribution in [0.15, 0.2) is 24.3 Å². The molecule has 1 unspecified atom stereocenters. The number of para-hydroxylation sites is 1. The summed E-state index contributed by atoms with van der Waals surface area (Å²) in [5.74, 6) is 0.197. The predicted molar refractivity (Wildman–Crippen MR) is 67.4 cm³/mol. The lowest BCUT2D eigenvalue weighted by Gasteiger charge is -2.23. The van der Waals surface area contributed by atoms with Crippen LogP contribution in [0, 0.1) is 5.92 Å². The zero-order valence-electron chi connectivity index (χ0n) is 10.6. The van der Waals surface area contributed by atoms with E-state index in [1.165, 1.54) is 0 Å². The molecule has 1 amide bonds. The van der Waals surface area contributed by atoms with Crippen LogP contribution in [0.3, 0.4) is 0 Å². The van der Waals surface area contributed by atoms with Crippen LogP contribution in [0.25, 0.3) is 0 Å². The lowest BCUT2D eigenvalue weighted by atomic mass is 10.0. The molecule has 17 heavy (non-hydrogen) atoms. The van der Waals surface area contributed by atoms with Gasteiger partial charge < -0.3 is 15.7 Å². The summed E-state index contributed by atoms with van der Waals surface area (Å²) in [4.78, 5) is 13.5. The van der Waals surface area contributed by atoms with Gasteiger partial charge in [0.2, 0.25) is 5.91 Å². The number of carbonyl (C=O) groups is 1. The molecule has 94 valence electrons. The van der Waals surface area contributed by atoms with E-state index in [0.29, 0.717) is 6.54 Å². The molecule has 0 heterocycles. The van der Waals surface area contributed by atoms with Crippen LogP contribution in [0.2, 0.25) is 0 Å². The first-order valence-electron chi connectivity index (χ1n) is 5.71. The van der Waals surface area contributed by atoms with Gasteiger partial charge in [-0.25, -0.2) is 0 Å². The first-order chi connectivity index (χ1) is 7.93. The minimum atomic E-state index is -0.495. The fourth-order valence-electron chi connectivity index (χ4n) is 1.52. The number of carbonyl (C=O) groups excluding carboxylic acids is 1. The van der Waals surface area contributed by atoms with Gasteiger partial charge in [-0.1, -0.05) is 32.0 Å². The van der Waals surface area contributed by atoms with Crippen LogP contribution in [-0.4, -0.2) is 29.0 Å². The summed E-state index contributed by atoms with van der Waals surface area (Å²) in [5.41, 5.74) is 6.52. The van der Waals surface area contributed by atoms with Crippen molar-refractivity contribution in [1.82, 2.24) is 4.90 Å². The third-order valence-electron chi connectivity index (χ3n) is 2.78. The fraction of sp³-hybridized carbons (Fsp3) is 0.462. The highest BCUT2D eigenvalue weighted by Gasteiger charge is 2.21. The van der Waals surface area contributed by atoms with E-state index in [0.717, 1.165) is 5.56 Å². The van der Waals surface area contributed by atoms with Crippen molar-refractivity contribution < 1.29 is 9.90 Å². The van der Waals surface area contributed by atoms with Gasteiger partial charge in [-0.3, -0.25) is 4.79 Å². The summed E-state index contributed by atoms with van der Waals surface area (Å²) in [7, 11) is 1.69. The Morgan fingerprint density at radius 2 is 2.00 bits per heavy atom. The number of nitrogens with zero attached hydrogens (tertiary/aromatic N) is 1. The third kappa shape index (κ3) is 3.46. The molecule has 0 aliphatic rings. The third-order valence-corrected chi connectivity index (χ3v) is 2.78. The van der Waals surface area contributed by atoms with Gasteiger partial charge in [0, 0.05) is 19.2 Å². The molecule has 0 saturated heterocycles. The molecule has 4 heteroatoms. The molecule has 1 rings (SSSR count). The van der Waals surface area contributed by atoms with Crippen molar-refractivity contribution in [1.29, 1.82) is 0 Å².